The number of primary sulfonamides is 1. The van der Waals surface area contributed by atoms with E-state index in [0.29, 0.717) is 0 Å². The van der Waals surface area contributed by atoms with E-state index in [2.05, 4.69) is 12.2 Å². The van der Waals surface area contributed by atoms with Gasteiger partial charge in [-0.1, -0.05) is 19.1 Å². The molecule has 1 rings (SSSR count). The Hall–Kier alpha value is -0.910. The molecular formula is C10H16N2O2S. The molecule has 1 aromatic rings. The van der Waals surface area contributed by atoms with Crippen LogP contribution in [0, 0.1) is 0 Å². The summed E-state index contributed by atoms with van der Waals surface area (Å²) in [5, 5.41) is 8.21. The molecule has 0 spiro atoms. The van der Waals surface area contributed by atoms with Crippen molar-refractivity contribution in [1.82, 2.24) is 5.32 Å². The van der Waals surface area contributed by atoms with Gasteiger partial charge in [0, 0.05) is 6.54 Å². The molecule has 0 aliphatic heterocycles. The average Bonchev–Trinajstić information content (AvgIpc) is 2.18. The van der Waals surface area contributed by atoms with Crippen LogP contribution in [0.2, 0.25) is 0 Å². The van der Waals surface area contributed by atoms with Crippen LogP contribution in [0.3, 0.4) is 0 Å². The molecule has 0 fully saturated rings. The van der Waals surface area contributed by atoms with E-state index in [9.17, 15) is 8.42 Å². The minimum atomic E-state index is -3.57. The third-order valence-corrected chi connectivity index (χ3v) is 2.94. The highest BCUT2D eigenvalue weighted by Gasteiger charge is 2.05. The lowest BCUT2D eigenvalue weighted by atomic mass is 10.2. The minimum absolute atomic E-state index is 0.154. The second kappa shape index (κ2) is 5.25. The van der Waals surface area contributed by atoms with Crippen LogP contribution in [0.5, 0.6) is 0 Å². The number of hydrogen-bond donors (Lipinski definition) is 2. The van der Waals surface area contributed by atoms with Gasteiger partial charge in [-0.15, -0.1) is 0 Å². The zero-order chi connectivity index (χ0) is 11.3. The molecule has 0 atom stereocenters. The van der Waals surface area contributed by atoms with Crippen molar-refractivity contribution in [2.45, 2.75) is 24.8 Å². The van der Waals surface area contributed by atoms with Gasteiger partial charge in [0.05, 0.1) is 4.90 Å². The van der Waals surface area contributed by atoms with E-state index in [0.717, 1.165) is 25.1 Å². The van der Waals surface area contributed by atoms with Gasteiger partial charge in [0.15, 0.2) is 0 Å². The molecule has 1 aromatic carbocycles. The number of benzene rings is 1. The van der Waals surface area contributed by atoms with Crippen LogP contribution in [0.15, 0.2) is 29.2 Å². The Labute approximate surface area is 90.5 Å². The van der Waals surface area contributed by atoms with E-state index in [-0.39, 0.29) is 4.90 Å². The van der Waals surface area contributed by atoms with Gasteiger partial charge in [-0.25, -0.2) is 13.6 Å². The second-order valence-corrected chi connectivity index (χ2v) is 4.93. The quantitative estimate of drug-likeness (QED) is 0.733. The average molecular weight is 228 g/mol. The van der Waals surface area contributed by atoms with E-state index in [1.165, 1.54) is 12.1 Å². The normalized spacial score (nSPS) is 11.6. The van der Waals surface area contributed by atoms with Crippen molar-refractivity contribution in [2.75, 3.05) is 6.54 Å². The summed E-state index contributed by atoms with van der Waals surface area (Å²) in [6.07, 6.45) is 1.08. The van der Waals surface area contributed by atoms with Crippen molar-refractivity contribution in [3.8, 4) is 0 Å². The van der Waals surface area contributed by atoms with Crippen LogP contribution in [0.4, 0.5) is 0 Å². The number of nitrogens with one attached hydrogen (secondary N) is 1. The molecule has 0 aliphatic carbocycles. The molecule has 0 unspecified atom stereocenters. The highest BCUT2D eigenvalue weighted by molar-refractivity contribution is 7.89. The molecule has 15 heavy (non-hydrogen) atoms. The molecule has 0 aliphatic rings. The highest BCUT2D eigenvalue weighted by atomic mass is 32.2. The van der Waals surface area contributed by atoms with E-state index in [4.69, 9.17) is 5.14 Å². The third-order valence-electron chi connectivity index (χ3n) is 2.01. The van der Waals surface area contributed by atoms with Gasteiger partial charge in [-0.2, -0.15) is 0 Å². The summed E-state index contributed by atoms with van der Waals surface area (Å²) in [5.41, 5.74) is 1.05. The first-order chi connectivity index (χ1) is 7.04. The summed E-state index contributed by atoms with van der Waals surface area (Å²) >= 11 is 0. The smallest absolute Gasteiger partial charge is 0.238 e. The third kappa shape index (κ3) is 3.99. The van der Waals surface area contributed by atoms with Crippen molar-refractivity contribution in [3.05, 3.63) is 29.8 Å². The lowest BCUT2D eigenvalue weighted by Gasteiger charge is -2.04. The van der Waals surface area contributed by atoms with E-state index < -0.39 is 10.0 Å². The SMILES string of the molecule is CCCNCc1ccc(S(N)(=O)=O)cc1. The highest BCUT2D eigenvalue weighted by Crippen LogP contribution is 2.08. The lowest BCUT2D eigenvalue weighted by Crippen LogP contribution is -2.14. The summed E-state index contributed by atoms with van der Waals surface area (Å²) < 4.78 is 21.9. The fourth-order valence-electron chi connectivity index (χ4n) is 1.21. The van der Waals surface area contributed by atoms with Gasteiger partial charge in [0.2, 0.25) is 10.0 Å². The molecule has 84 valence electrons. The molecule has 3 N–H and O–H groups in total. The molecule has 0 amide bonds. The fourth-order valence-corrected chi connectivity index (χ4v) is 1.72. The van der Waals surface area contributed by atoms with Crippen LogP contribution < -0.4 is 10.5 Å². The molecule has 0 heterocycles. The zero-order valence-corrected chi connectivity index (χ0v) is 9.55. The monoisotopic (exact) mass is 228 g/mol. The summed E-state index contributed by atoms with van der Waals surface area (Å²) in [4.78, 5) is 0.154. The lowest BCUT2D eigenvalue weighted by molar-refractivity contribution is 0.597. The van der Waals surface area contributed by atoms with Crippen LogP contribution >= 0.6 is 0 Å². The Morgan fingerprint density at radius 2 is 1.87 bits per heavy atom. The Kier molecular flexibility index (Phi) is 4.26. The maximum absolute atomic E-state index is 11.0. The molecule has 0 aromatic heterocycles. The molecular weight excluding hydrogens is 212 g/mol. The van der Waals surface area contributed by atoms with Crippen LogP contribution in [0.25, 0.3) is 0 Å². The maximum atomic E-state index is 11.0. The largest absolute Gasteiger partial charge is 0.313 e. The number of hydrogen-bond acceptors (Lipinski definition) is 3. The van der Waals surface area contributed by atoms with Crippen molar-refractivity contribution in [2.24, 2.45) is 5.14 Å². The molecule has 0 bridgehead atoms. The number of rotatable bonds is 5. The summed E-state index contributed by atoms with van der Waals surface area (Å²) in [6.45, 7) is 3.80. The van der Waals surface area contributed by atoms with Crippen molar-refractivity contribution >= 4 is 10.0 Å². The van der Waals surface area contributed by atoms with E-state index in [1.807, 2.05) is 0 Å². The first-order valence-electron chi connectivity index (χ1n) is 4.86. The van der Waals surface area contributed by atoms with Crippen LogP contribution in [-0.2, 0) is 16.6 Å². The molecule has 0 radical (unpaired) electrons. The van der Waals surface area contributed by atoms with Crippen molar-refractivity contribution < 1.29 is 8.42 Å². The predicted octanol–water partition coefficient (Wildman–Crippen LogP) is 0.834. The van der Waals surface area contributed by atoms with Gasteiger partial charge in [0.25, 0.3) is 0 Å². The van der Waals surface area contributed by atoms with Crippen molar-refractivity contribution in [1.29, 1.82) is 0 Å². The summed E-state index contributed by atoms with van der Waals surface area (Å²) in [6, 6.07) is 6.58. The summed E-state index contributed by atoms with van der Waals surface area (Å²) in [5.74, 6) is 0. The predicted molar refractivity (Wildman–Crippen MR) is 59.8 cm³/mol. The molecule has 0 saturated carbocycles. The van der Waals surface area contributed by atoms with Crippen LogP contribution in [-0.4, -0.2) is 15.0 Å². The Morgan fingerprint density at radius 3 is 2.33 bits per heavy atom. The Morgan fingerprint density at radius 1 is 1.27 bits per heavy atom. The second-order valence-electron chi connectivity index (χ2n) is 3.37. The van der Waals surface area contributed by atoms with Gasteiger partial charge in [-0.05, 0) is 30.7 Å². The first kappa shape index (κ1) is 12.2. The maximum Gasteiger partial charge on any atom is 0.238 e. The van der Waals surface area contributed by atoms with E-state index >= 15 is 0 Å². The standard InChI is InChI=1S/C10H16N2O2S/c1-2-7-12-8-9-3-5-10(6-4-9)15(11,13)14/h3-6,12H,2,7-8H2,1H3,(H2,11,13,14). The molecule has 0 saturated heterocycles. The van der Waals surface area contributed by atoms with E-state index in [1.54, 1.807) is 12.1 Å². The Balaban J connectivity index is 2.65. The number of sulfonamides is 1. The van der Waals surface area contributed by atoms with Gasteiger partial charge in [-0.3, -0.25) is 0 Å². The minimum Gasteiger partial charge on any atom is -0.313 e. The first-order valence-corrected chi connectivity index (χ1v) is 6.41. The fraction of sp³-hybridized carbons (Fsp3) is 0.400. The molecule has 4 nitrogen and oxygen atoms in total. The topological polar surface area (TPSA) is 72.2 Å². The van der Waals surface area contributed by atoms with Gasteiger partial charge in [0.1, 0.15) is 0 Å². The summed E-state index contributed by atoms with van der Waals surface area (Å²) in [7, 11) is -3.57. The van der Waals surface area contributed by atoms with Crippen LogP contribution in [0.1, 0.15) is 18.9 Å². The van der Waals surface area contributed by atoms with Crippen molar-refractivity contribution in [3.63, 3.8) is 0 Å². The number of nitrogens with two attached hydrogens (primary N) is 1. The Bertz CT molecular complexity index is 398. The van der Waals surface area contributed by atoms with Gasteiger partial charge < -0.3 is 5.32 Å². The molecule has 5 heteroatoms. The zero-order valence-electron chi connectivity index (χ0n) is 8.73. The van der Waals surface area contributed by atoms with Gasteiger partial charge >= 0.3 is 0 Å².